The van der Waals surface area contributed by atoms with Gasteiger partial charge in [-0.25, -0.2) is 14.4 Å². The van der Waals surface area contributed by atoms with Crippen LogP contribution in [0.5, 0.6) is 0 Å². The van der Waals surface area contributed by atoms with Crippen LogP contribution in [0.4, 0.5) is 14.4 Å². The van der Waals surface area contributed by atoms with Gasteiger partial charge in [-0.1, -0.05) is 60.7 Å². The third-order valence-corrected chi connectivity index (χ3v) is 6.30. The van der Waals surface area contributed by atoms with Gasteiger partial charge in [-0.05, 0) is 31.9 Å². The maximum absolute atomic E-state index is 12.9. The first-order valence-corrected chi connectivity index (χ1v) is 16.7. The highest BCUT2D eigenvalue weighted by atomic mass is 16.7. The van der Waals surface area contributed by atoms with Crippen LogP contribution in [0.2, 0.25) is 0 Å². The van der Waals surface area contributed by atoms with Gasteiger partial charge in [0.1, 0.15) is 25.4 Å². The Balaban J connectivity index is 1.62. The number of carbonyl (C=O) groups is 4. The molecular weight excluding hydrogens is 668 g/mol. The normalized spacial score (nSPS) is 11.0. The molecule has 0 bridgehead atoms. The molecule has 0 heterocycles. The summed E-state index contributed by atoms with van der Waals surface area (Å²) in [6.45, 7) is 7.84. The van der Waals surface area contributed by atoms with Crippen molar-refractivity contribution in [2.75, 3.05) is 85.6 Å². The molecule has 0 unspecified atom stereocenters. The molecule has 0 aliphatic rings. The highest BCUT2D eigenvalue weighted by Crippen LogP contribution is 2.06. The van der Waals surface area contributed by atoms with Crippen molar-refractivity contribution in [1.29, 1.82) is 0 Å². The second kappa shape index (κ2) is 26.3. The Morgan fingerprint density at radius 3 is 1.57 bits per heavy atom. The van der Waals surface area contributed by atoms with Crippen LogP contribution < -0.4 is 16.1 Å². The average Bonchev–Trinajstić information content (AvgIpc) is 3.11. The number of benzene rings is 2. The minimum atomic E-state index is -0.698. The van der Waals surface area contributed by atoms with Gasteiger partial charge in [0.05, 0.1) is 52.9 Å². The molecule has 0 saturated heterocycles. The number of hydrogen-bond acceptors (Lipinski definition) is 12. The summed E-state index contributed by atoms with van der Waals surface area (Å²) >= 11 is 0. The van der Waals surface area contributed by atoms with Crippen LogP contribution >= 0.6 is 0 Å². The Bertz CT molecular complexity index is 1180. The highest BCUT2D eigenvalue weighted by molar-refractivity contribution is 5.77. The Morgan fingerprint density at radius 1 is 0.588 bits per heavy atom. The van der Waals surface area contributed by atoms with E-state index < -0.39 is 23.9 Å². The van der Waals surface area contributed by atoms with Crippen LogP contribution in [-0.4, -0.2) is 120 Å². The second-order valence-electron chi connectivity index (χ2n) is 11.7. The highest BCUT2D eigenvalue weighted by Gasteiger charge is 2.16. The lowest BCUT2D eigenvalue weighted by atomic mass is 10.2. The van der Waals surface area contributed by atoms with Crippen LogP contribution in [0.15, 0.2) is 60.7 Å². The predicted molar refractivity (Wildman–Crippen MR) is 184 cm³/mol. The van der Waals surface area contributed by atoms with Gasteiger partial charge in [0.2, 0.25) is 5.91 Å². The first-order chi connectivity index (χ1) is 24.6. The zero-order valence-electron chi connectivity index (χ0n) is 29.7. The van der Waals surface area contributed by atoms with Gasteiger partial charge in [0.15, 0.2) is 0 Å². The van der Waals surface area contributed by atoms with E-state index in [1.165, 1.54) is 0 Å². The van der Waals surface area contributed by atoms with Gasteiger partial charge in [0.25, 0.3) is 0 Å². The zero-order chi connectivity index (χ0) is 37.0. The summed E-state index contributed by atoms with van der Waals surface area (Å²) in [5, 5.41) is 5.24. The Labute approximate surface area is 299 Å². The molecule has 16 heteroatoms. The van der Waals surface area contributed by atoms with Crippen molar-refractivity contribution in [2.24, 2.45) is 0 Å². The number of nitrogens with one attached hydrogen (secondary N) is 3. The van der Waals surface area contributed by atoms with Crippen LogP contribution in [0.25, 0.3) is 0 Å². The van der Waals surface area contributed by atoms with Crippen molar-refractivity contribution in [3.63, 3.8) is 0 Å². The number of ether oxygens (including phenoxy) is 7. The van der Waals surface area contributed by atoms with E-state index in [1.54, 1.807) is 25.7 Å². The van der Waals surface area contributed by atoms with Crippen molar-refractivity contribution < 1.29 is 57.2 Å². The van der Waals surface area contributed by atoms with E-state index in [0.29, 0.717) is 0 Å². The molecule has 2 aromatic rings. The molecule has 0 saturated carbocycles. The third kappa shape index (κ3) is 23.5. The average molecular weight is 721 g/mol. The van der Waals surface area contributed by atoms with Crippen LogP contribution in [0.3, 0.4) is 0 Å². The summed E-state index contributed by atoms with van der Waals surface area (Å²) in [5.41, 5.74) is 3.29. The van der Waals surface area contributed by atoms with Crippen molar-refractivity contribution in [3.05, 3.63) is 71.8 Å². The molecule has 0 radical (unpaired) electrons. The van der Waals surface area contributed by atoms with Crippen molar-refractivity contribution in [3.8, 4) is 0 Å². The van der Waals surface area contributed by atoms with Crippen LogP contribution in [-0.2, 0) is 56.0 Å². The van der Waals surface area contributed by atoms with E-state index in [1.807, 2.05) is 60.7 Å². The monoisotopic (exact) mass is 720 g/mol. The zero-order valence-corrected chi connectivity index (χ0v) is 29.7. The quantitative estimate of drug-likeness (QED) is 0.0776. The van der Waals surface area contributed by atoms with Gasteiger partial charge >= 0.3 is 18.3 Å². The number of alkyl carbamates (subject to hydrolysis) is 2. The lowest BCUT2D eigenvalue weighted by Crippen LogP contribution is -2.39. The fraction of sp³-hybridized carbons (Fsp3) is 0.543. The van der Waals surface area contributed by atoms with Crippen LogP contribution in [0, 0.1) is 0 Å². The smallest absolute Gasteiger partial charge is 0.431 e. The molecule has 2 rings (SSSR count). The molecule has 51 heavy (non-hydrogen) atoms. The summed E-state index contributed by atoms with van der Waals surface area (Å²) in [6, 6.07) is 18.7. The first-order valence-electron chi connectivity index (χ1n) is 16.7. The number of rotatable bonds is 25. The molecule has 0 aromatic heterocycles. The van der Waals surface area contributed by atoms with Gasteiger partial charge in [-0.2, -0.15) is 5.48 Å². The minimum absolute atomic E-state index is 0.0980. The van der Waals surface area contributed by atoms with Crippen molar-refractivity contribution >= 4 is 24.2 Å². The van der Waals surface area contributed by atoms with E-state index in [-0.39, 0.29) is 105 Å². The number of carbonyl (C=O) groups excluding carboxylic acids is 4. The largest absolute Gasteiger partial charge is 0.445 e. The topological polar surface area (TPSA) is 181 Å². The molecule has 284 valence electrons. The fourth-order valence-electron chi connectivity index (χ4n) is 3.89. The molecule has 3 N–H and O–H groups in total. The predicted octanol–water partition coefficient (Wildman–Crippen LogP) is 3.19. The van der Waals surface area contributed by atoms with Crippen LogP contribution in [0.1, 0.15) is 31.9 Å². The maximum atomic E-state index is 12.9. The SMILES string of the molecule is CC(C)(C)OC(=O)NOCCOCCOCC(=O)N(CCOCCNC(=O)OCc1ccccc1)CCOCCNC(=O)OCc1ccccc1. The summed E-state index contributed by atoms with van der Waals surface area (Å²) in [6.07, 6.45) is -1.81. The fourth-order valence-corrected chi connectivity index (χ4v) is 3.89. The molecule has 16 nitrogen and oxygen atoms in total. The lowest BCUT2D eigenvalue weighted by molar-refractivity contribution is -0.138. The Kier molecular flexibility index (Phi) is 22.1. The van der Waals surface area contributed by atoms with E-state index in [4.69, 9.17) is 38.0 Å². The molecule has 0 aliphatic heterocycles. The second-order valence-corrected chi connectivity index (χ2v) is 11.7. The van der Waals surface area contributed by atoms with Gasteiger partial charge < -0.3 is 48.7 Å². The van der Waals surface area contributed by atoms with E-state index in [0.717, 1.165) is 11.1 Å². The summed E-state index contributed by atoms with van der Waals surface area (Å²) in [4.78, 5) is 54.8. The summed E-state index contributed by atoms with van der Waals surface area (Å²) in [7, 11) is 0. The van der Waals surface area contributed by atoms with Gasteiger partial charge in [-0.3, -0.25) is 9.63 Å². The van der Waals surface area contributed by atoms with Crippen molar-refractivity contribution in [1.82, 2.24) is 21.0 Å². The van der Waals surface area contributed by atoms with Crippen molar-refractivity contribution in [2.45, 2.75) is 39.6 Å². The molecule has 2 aromatic carbocycles. The number of hydrogen-bond donors (Lipinski definition) is 3. The molecule has 4 amide bonds. The number of amides is 4. The van der Waals surface area contributed by atoms with Gasteiger partial charge in [-0.15, -0.1) is 0 Å². The Hall–Kier alpha value is -4.48. The van der Waals surface area contributed by atoms with E-state index in [2.05, 4.69) is 16.1 Å². The first kappa shape index (κ1) is 42.7. The Morgan fingerprint density at radius 2 is 1.06 bits per heavy atom. The molecule has 0 spiro atoms. The third-order valence-electron chi connectivity index (χ3n) is 6.30. The lowest BCUT2D eigenvalue weighted by Gasteiger charge is -2.23. The summed E-state index contributed by atoms with van der Waals surface area (Å²) < 4.78 is 37.5. The standard InChI is InChI=1S/C35H52N4O12/c1-35(2,3)51-34(43)38-50-25-24-46-22-23-47-28-31(40)39(16-20-44-18-14-36-32(41)48-26-29-10-6-4-7-11-29)17-21-45-19-15-37-33(42)49-27-30-12-8-5-9-13-30/h4-13H,14-28H2,1-3H3,(H,36,41)(H,37,42)(H,38,43). The molecule has 0 atom stereocenters. The van der Waals surface area contributed by atoms with E-state index in [9.17, 15) is 19.2 Å². The molecular formula is C35H52N4O12. The molecule has 0 fully saturated rings. The maximum Gasteiger partial charge on any atom is 0.431 e. The van der Waals surface area contributed by atoms with E-state index >= 15 is 0 Å². The number of hydroxylamine groups is 1. The minimum Gasteiger partial charge on any atom is -0.445 e. The number of nitrogens with zero attached hydrogens (tertiary/aromatic N) is 1. The summed E-state index contributed by atoms with van der Waals surface area (Å²) in [5.74, 6) is -0.280. The molecule has 0 aliphatic carbocycles. The van der Waals surface area contributed by atoms with Gasteiger partial charge in [0, 0.05) is 26.2 Å².